The molecule has 1 aliphatic heterocycles. The van der Waals surface area contributed by atoms with Crippen LogP contribution in [0.4, 0.5) is 0 Å². The summed E-state index contributed by atoms with van der Waals surface area (Å²) in [5, 5.41) is 2.97. The Morgan fingerprint density at radius 3 is 2.25 bits per heavy atom. The Hall–Kier alpha value is -2.22. The number of benzene rings is 2. The number of nitrogens with one attached hydrogen (secondary N) is 2. The SMILES string of the molecule is Cc1ccc(S(=O)(=O)NC(CC(C)C)C(=O)NCc2ccccc2CN2CCCC2)cc1. The molecule has 1 heterocycles. The molecule has 0 aromatic heterocycles. The molecule has 6 nitrogen and oxygen atoms in total. The van der Waals surface area contributed by atoms with Gasteiger partial charge in [-0.05, 0) is 68.5 Å². The van der Waals surface area contributed by atoms with Crippen LogP contribution in [0.1, 0.15) is 49.8 Å². The predicted octanol–water partition coefficient (Wildman–Crippen LogP) is 3.60. The molecule has 174 valence electrons. The summed E-state index contributed by atoms with van der Waals surface area (Å²) < 4.78 is 28.4. The van der Waals surface area contributed by atoms with Gasteiger partial charge < -0.3 is 5.32 Å². The number of sulfonamides is 1. The van der Waals surface area contributed by atoms with Crippen molar-refractivity contribution >= 4 is 15.9 Å². The van der Waals surface area contributed by atoms with Crippen LogP contribution in [0.5, 0.6) is 0 Å². The molecule has 32 heavy (non-hydrogen) atoms. The lowest BCUT2D eigenvalue weighted by Crippen LogP contribution is -2.47. The number of aryl methyl sites for hydroxylation is 1. The molecule has 2 N–H and O–H groups in total. The lowest BCUT2D eigenvalue weighted by molar-refractivity contribution is -0.123. The molecule has 0 saturated carbocycles. The van der Waals surface area contributed by atoms with E-state index in [1.54, 1.807) is 24.3 Å². The van der Waals surface area contributed by atoms with Crippen LogP contribution in [0, 0.1) is 12.8 Å². The first-order valence-electron chi connectivity index (χ1n) is 11.4. The standard InChI is InChI=1S/C25H35N3O3S/c1-19(2)16-24(27-32(30,31)23-12-10-20(3)11-13-23)25(29)26-17-21-8-4-5-9-22(21)18-28-14-6-7-15-28/h4-5,8-13,19,24,27H,6-7,14-18H2,1-3H3,(H,26,29). The molecule has 2 aromatic rings. The number of hydrogen-bond donors (Lipinski definition) is 2. The summed E-state index contributed by atoms with van der Waals surface area (Å²) in [6, 6.07) is 13.9. The smallest absolute Gasteiger partial charge is 0.241 e. The quantitative estimate of drug-likeness (QED) is 0.571. The van der Waals surface area contributed by atoms with Crippen LogP contribution >= 0.6 is 0 Å². The van der Waals surface area contributed by atoms with Crippen LogP contribution in [-0.2, 0) is 27.9 Å². The first-order valence-corrected chi connectivity index (χ1v) is 12.9. The van der Waals surface area contributed by atoms with E-state index in [0.29, 0.717) is 13.0 Å². The average molecular weight is 458 g/mol. The van der Waals surface area contributed by atoms with Gasteiger partial charge in [-0.2, -0.15) is 4.72 Å². The van der Waals surface area contributed by atoms with Gasteiger partial charge in [0.15, 0.2) is 0 Å². The maximum atomic E-state index is 13.0. The molecule has 2 aromatic carbocycles. The molecule has 3 rings (SSSR count). The third kappa shape index (κ3) is 6.89. The number of hydrogen-bond acceptors (Lipinski definition) is 4. The minimum absolute atomic E-state index is 0.161. The van der Waals surface area contributed by atoms with E-state index in [2.05, 4.69) is 21.0 Å². The first-order chi connectivity index (χ1) is 15.2. The Kier molecular flexibility index (Phi) is 8.45. The summed E-state index contributed by atoms with van der Waals surface area (Å²) in [5.74, 6) is -0.140. The Bertz CT molecular complexity index is 997. The van der Waals surface area contributed by atoms with Crippen molar-refractivity contribution in [3.05, 3.63) is 65.2 Å². The fourth-order valence-corrected chi connectivity index (χ4v) is 5.23. The van der Waals surface area contributed by atoms with Crippen LogP contribution in [-0.4, -0.2) is 38.4 Å². The van der Waals surface area contributed by atoms with Crippen LogP contribution in [0.2, 0.25) is 0 Å². The van der Waals surface area contributed by atoms with Gasteiger partial charge in [-0.25, -0.2) is 8.42 Å². The number of nitrogens with zero attached hydrogens (tertiary/aromatic N) is 1. The van der Waals surface area contributed by atoms with Crippen LogP contribution < -0.4 is 10.0 Å². The predicted molar refractivity (Wildman–Crippen MR) is 128 cm³/mol. The van der Waals surface area contributed by atoms with Crippen molar-refractivity contribution in [1.82, 2.24) is 14.9 Å². The maximum Gasteiger partial charge on any atom is 0.241 e. The summed E-state index contributed by atoms with van der Waals surface area (Å²) in [6.07, 6.45) is 2.89. The van der Waals surface area contributed by atoms with Gasteiger partial charge in [0.1, 0.15) is 6.04 Å². The highest BCUT2D eigenvalue weighted by atomic mass is 32.2. The van der Waals surface area contributed by atoms with Crippen molar-refractivity contribution in [2.45, 2.75) is 64.1 Å². The highest BCUT2D eigenvalue weighted by Gasteiger charge is 2.26. The highest BCUT2D eigenvalue weighted by Crippen LogP contribution is 2.17. The molecule has 0 radical (unpaired) electrons. The summed E-state index contributed by atoms with van der Waals surface area (Å²) in [4.78, 5) is 15.6. The van der Waals surface area contributed by atoms with E-state index in [4.69, 9.17) is 0 Å². The van der Waals surface area contributed by atoms with Crippen LogP contribution in [0.25, 0.3) is 0 Å². The third-order valence-electron chi connectivity index (χ3n) is 5.82. The average Bonchev–Trinajstić information content (AvgIpc) is 3.25. The highest BCUT2D eigenvalue weighted by molar-refractivity contribution is 7.89. The molecule has 0 spiro atoms. The van der Waals surface area contributed by atoms with Crippen LogP contribution in [0.3, 0.4) is 0 Å². The van der Waals surface area contributed by atoms with Crippen molar-refractivity contribution in [3.63, 3.8) is 0 Å². The van der Waals surface area contributed by atoms with Crippen molar-refractivity contribution in [2.24, 2.45) is 5.92 Å². The van der Waals surface area contributed by atoms with E-state index in [0.717, 1.165) is 30.8 Å². The second-order valence-electron chi connectivity index (χ2n) is 9.09. The van der Waals surface area contributed by atoms with E-state index < -0.39 is 16.1 Å². The topological polar surface area (TPSA) is 78.5 Å². The zero-order valence-corrected chi connectivity index (χ0v) is 20.1. The lowest BCUT2D eigenvalue weighted by atomic mass is 10.0. The number of carbonyl (C=O) groups excluding carboxylic acids is 1. The summed E-state index contributed by atoms with van der Waals surface area (Å²) in [7, 11) is -3.79. The first kappa shape index (κ1) is 24.4. The fourth-order valence-electron chi connectivity index (χ4n) is 4.02. The molecular weight excluding hydrogens is 422 g/mol. The van der Waals surface area contributed by atoms with E-state index in [1.807, 2.05) is 39.0 Å². The maximum absolute atomic E-state index is 13.0. The van der Waals surface area contributed by atoms with Gasteiger partial charge in [0.25, 0.3) is 0 Å². The Balaban J connectivity index is 1.68. The van der Waals surface area contributed by atoms with Crippen molar-refractivity contribution < 1.29 is 13.2 Å². The molecule has 1 amide bonds. The van der Waals surface area contributed by atoms with Crippen molar-refractivity contribution in [3.8, 4) is 0 Å². The van der Waals surface area contributed by atoms with Crippen molar-refractivity contribution in [2.75, 3.05) is 13.1 Å². The van der Waals surface area contributed by atoms with Gasteiger partial charge in [-0.1, -0.05) is 55.8 Å². The lowest BCUT2D eigenvalue weighted by Gasteiger charge is -2.21. The Morgan fingerprint density at radius 2 is 1.62 bits per heavy atom. The second-order valence-corrected chi connectivity index (χ2v) is 10.8. The summed E-state index contributed by atoms with van der Waals surface area (Å²) in [5.41, 5.74) is 3.25. The number of rotatable bonds is 10. The minimum atomic E-state index is -3.79. The Labute approximate surface area is 192 Å². The molecule has 1 fully saturated rings. The molecule has 0 bridgehead atoms. The monoisotopic (exact) mass is 457 g/mol. The number of carbonyl (C=O) groups is 1. The van der Waals surface area contributed by atoms with Gasteiger partial charge >= 0.3 is 0 Å². The summed E-state index contributed by atoms with van der Waals surface area (Å²) in [6.45, 7) is 9.33. The van der Waals surface area contributed by atoms with E-state index in [9.17, 15) is 13.2 Å². The fraction of sp³-hybridized carbons (Fsp3) is 0.480. The van der Waals surface area contributed by atoms with E-state index in [-0.39, 0.29) is 16.7 Å². The normalized spacial score (nSPS) is 15.8. The van der Waals surface area contributed by atoms with Crippen molar-refractivity contribution in [1.29, 1.82) is 0 Å². The molecule has 1 atom stereocenters. The molecule has 0 aliphatic carbocycles. The zero-order valence-electron chi connectivity index (χ0n) is 19.3. The Morgan fingerprint density at radius 1 is 1.00 bits per heavy atom. The van der Waals surface area contributed by atoms with Crippen LogP contribution in [0.15, 0.2) is 53.4 Å². The molecular formula is C25H35N3O3S. The van der Waals surface area contributed by atoms with Gasteiger partial charge in [-0.3, -0.25) is 9.69 Å². The molecule has 1 aliphatic rings. The summed E-state index contributed by atoms with van der Waals surface area (Å²) >= 11 is 0. The third-order valence-corrected chi connectivity index (χ3v) is 7.30. The zero-order chi connectivity index (χ0) is 23.1. The largest absolute Gasteiger partial charge is 0.351 e. The minimum Gasteiger partial charge on any atom is -0.351 e. The molecule has 7 heteroatoms. The van der Waals surface area contributed by atoms with Gasteiger partial charge in [0.05, 0.1) is 4.90 Å². The molecule has 1 saturated heterocycles. The molecule has 1 unspecified atom stereocenters. The van der Waals surface area contributed by atoms with Gasteiger partial charge in [0, 0.05) is 13.1 Å². The van der Waals surface area contributed by atoms with E-state index in [1.165, 1.54) is 18.4 Å². The second kappa shape index (κ2) is 11.1. The number of likely N-dealkylation sites (tertiary alicyclic amines) is 1. The number of amides is 1. The van der Waals surface area contributed by atoms with Gasteiger partial charge in [-0.15, -0.1) is 0 Å². The van der Waals surface area contributed by atoms with E-state index >= 15 is 0 Å². The van der Waals surface area contributed by atoms with Gasteiger partial charge in [0.2, 0.25) is 15.9 Å².